The van der Waals surface area contributed by atoms with Gasteiger partial charge in [-0.15, -0.1) is 0 Å². The van der Waals surface area contributed by atoms with Gasteiger partial charge < -0.3 is 15.2 Å². The topological polar surface area (TPSA) is 97.1 Å². The zero-order chi connectivity index (χ0) is 20.9. The van der Waals surface area contributed by atoms with Gasteiger partial charge in [0.15, 0.2) is 5.76 Å². The molecule has 150 valence electrons. The Kier molecular flexibility index (Phi) is 5.52. The standard InChI is InChI=1S/C23H20N4O3/c1-15(22(28)25-14-16-9-11-24-12-10-16)26-23(29)18-7-8-20-19(13-18)21(30-27-20)17-5-3-2-4-6-17/h2-13,15H,14H2,1H3,(H,25,28)(H,26,29)/t15-/m0/s1. The molecule has 2 amide bonds. The molecule has 0 fully saturated rings. The van der Waals surface area contributed by atoms with Gasteiger partial charge in [-0.3, -0.25) is 14.6 Å². The van der Waals surface area contributed by atoms with E-state index in [1.54, 1.807) is 37.5 Å². The van der Waals surface area contributed by atoms with Gasteiger partial charge in [0.1, 0.15) is 11.6 Å². The summed E-state index contributed by atoms with van der Waals surface area (Å²) in [5.74, 6) is -0.0109. The number of carbonyl (C=O) groups is 2. The molecule has 30 heavy (non-hydrogen) atoms. The van der Waals surface area contributed by atoms with Crippen molar-refractivity contribution in [3.63, 3.8) is 0 Å². The van der Waals surface area contributed by atoms with Crippen LogP contribution in [-0.2, 0) is 11.3 Å². The first-order valence-corrected chi connectivity index (χ1v) is 9.54. The van der Waals surface area contributed by atoms with Crippen molar-refractivity contribution >= 4 is 22.7 Å². The third kappa shape index (κ3) is 4.20. The highest BCUT2D eigenvalue weighted by atomic mass is 16.5. The van der Waals surface area contributed by atoms with Gasteiger partial charge in [-0.1, -0.05) is 35.5 Å². The Balaban J connectivity index is 1.45. The second-order valence-electron chi connectivity index (χ2n) is 6.88. The van der Waals surface area contributed by atoms with E-state index in [1.165, 1.54) is 0 Å². The van der Waals surface area contributed by atoms with Crippen molar-refractivity contribution in [2.75, 3.05) is 0 Å². The Hall–Kier alpha value is -4.00. The van der Waals surface area contributed by atoms with Crippen molar-refractivity contribution < 1.29 is 14.1 Å². The lowest BCUT2D eigenvalue weighted by atomic mass is 10.1. The molecule has 2 N–H and O–H groups in total. The Labute approximate surface area is 173 Å². The maximum Gasteiger partial charge on any atom is 0.251 e. The van der Waals surface area contributed by atoms with Crippen LogP contribution in [0, 0.1) is 0 Å². The van der Waals surface area contributed by atoms with E-state index in [0.29, 0.717) is 23.4 Å². The van der Waals surface area contributed by atoms with E-state index < -0.39 is 6.04 Å². The number of nitrogens with zero attached hydrogens (tertiary/aromatic N) is 2. The minimum atomic E-state index is -0.689. The van der Waals surface area contributed by atoms with E-state index in [-0.39, 0.29) is 11.8 Å². The molecule has 1 atom stereocenters. The lowest BCUT2D eigenvalue weighted by molar-refractivity contribution is -0.122. The monoisotopic (exact) mass is 400 g/mol. The average molecular weight is 400 g/mol. The molecule has 0 bridgehead atoms. The number of hydrogen-bond acceptors (Lipinski definition) is 5. The lowest BCUT2D eigenvalue weighted by Gasteiger charge is -2.14. The van der Waals surface area contributed by atoms with Crippen LogP contribution in [0.15, 0.2) is 77.6 Å². The highest BCUT2D eigenvalue weighted by Gasteiger charge is 2.18. The lowest BCUT2D eigenvalue weighted by Crippen LogP contribution is -2.44. The summed E-state index contributed by atoms with van der Waals surface area (Å²) in [6, 6.07) is 17.6. The van der Waals surface area contributed by atoms with Crippen molar-refractivity contribution in [2.45, 2.75) is 19.5 Å². The zero-order valence-corrected chi connectivity index (χ0v) is 16.3. The number of amides is 2. The van der Waals surface area contributed by atoms with Crippen LogP contribution in [0.5, 0.6) is 0 Å². The van der Waals surface area contributed by atoms with E-state index in [4.69, 9.17) is 4.52 Å². The summed E-state index contributed by atoms with van der Waals surface area (Å²) in [5, 5.41) is 10.3. The molecule has 0 saturated heterocycles. The van der Waals surface area contributed by atoms with Crippen molar-refractivity contribution in [3.05, 3.63) is 84.2 Å². The van der Waals surface area contributed by atoms with Gasteiger partial charge in [-0.05, 0) is 42.8 Å². The predicted molar refractivity (Wildman–Crippen MR) is 112 cm³/mol. The number of nitrogens with one attached hydrogen (secondary N) is 2. The minimum Gasteiger partial charge on any atom is -0.355 e. The van der Waals surface area contributed by atoms with E-state index in [0.717, 1.165) is 16.5 Å². The predicted octanol–water partition coefficient (Wildman–Crippen LogP) is 3.32. The van der Waals surface area contributed by atoms with E-state index in [1.807, 2.05) is 42.5 Å². The number of fused-ring (bicyclic) bond motifs is 1. The maximum absolute atomic E-state index is 12.7. The van der Waals surface area contributed by atoms with Crippen LogP contribution in [0.1, 0.15) is 22.8 Å². The largest absolute Gasteiger partial charge is 0.355 e. The van der Waals surface area contributed by atoms with Gasteiger partial charge >= 0.3 is 0 Å². The van der Waals surface area contributed by atoms with Crippen LogP contribution in [0.2, 0.25) is 0 Å². The molecule has 0 unspecified atom stereocenters. The molecule has 4 aromatic rings. The summed E-state index contributed by atoms with van der Waals surface area (Å²) >= 11 is 0. The number of hydrogen-bond donors (Lipinski definition) is 2. The first-order chi connectivity index (χ1) is 14.6. The van der Waals surface area contributed by atoms with Crippen LogP contribution in [-0.4, -0.2) is 28.0 Å². The quantitative estimate of drug-likeness (QED) is 0.517. The number of rotatable bonds is 6. The van der Waals surface area contributed by atoms with E-state index >= 15 is 0 Å². The third-order valence-corrected chi connectivity index (χ3v) is 4.73. The Morgan fingerprint density at radius 2 is 1.80 bits per heavy atom. The van der Waals surface area contributed by atoms with Crippen molar-refractivity contribution in [1.29, 1.82) is 0 Å². The van der Waals surface area contributed by atoms with Crippen LogP contribution < -0.4 is 10.6 Å². The van der Waals surface area contributed by atoms with E-state index in [9.17, 15) is 9.59 Å². The first-order valence-electron chi connectivity index (χ1n) is 9.54. The summed E-state index contributed by atoms with van der Waals surface area (Å²) in [4.78, 5) is 29.0. The molecule has 0 saturated carbocycles. The molecule has 0 aliphatic carbocycles. The fourth-order valence-corrected chi connectivity index (χ4v) is 3.07. The van der Waals surface area contributed by atoms with Gasteiger partial charge in [0, 0.05) is 30.1 Å². The van der Waals surface area contributed by atoms with Gasteiger partial charge in [0.05, 0.1) is 5.39 Å². The van der Waals surface area contributed by atoms with Gasteiger partial charge in [-0.25, -0.2) is 0 Å². The Bertz CT molecular complexity index is 1170. The SMILES string of the molecule is C[C@H](NC(=O)c1ccc2noc(-c3ccccc3)c2c1)C(=O)NCc1ccncc1. The highest BCUT2D eigenvalue weighted by molar-refractivity contribution is 6.02. The van der Waals surface area contributed by atoms with Crippen LogP contribution >= 0.6 is 0 Å². The fraction of sp³-hybridized carbons (Fsp3) is 0.130. The molecule has 0 aliphatic rings. The summed E-state index contributed by atoms with van der Waals surface area (Å²) in [6.07, 6.45) is 3.33. The number of carbonyl (C=O) groups excluding carboxylic acids is 2. The molecule has 2 aromatic carbocycles. The van der Waals surface area contributed by atoms with E-state index in [2.05, 4.69) is 20.8 Å². The Morgan fingerprint density at radius 3 is 2.57 bits per heavy atom. The number of aromatic nitrogens is 2. The summed E-state index contributed by atoms with van der Waals surface area (Å²) < 4.78 is 5.48. The second-order valence-corrected chi connectivity index (χ2v) is 6.88. The number of benzene rings is 2. The summed E-state index contributed by atoms with van der Waals surface area (Å²) in [7, 11) is 0. The third-order valence-electron chi connectivity index (χ3n) is 4.73. The molecule has 0 aliphatic heterocycles. The van der Waals surface area contributed by atoms with Crippen LogP contribution in [0.3, 0.4) is 0 Å². The Morgan fingerprint density at radius 1 is 1.03 bits per heavy atom. The average Bonchev–Trinajstić information content (AvgIpc) is 3.22. The van der Waals surface area contributed by atoms with Gasteiger partial charge in [-0.2, -0.15) is 0 Å². The molecule has 7 nitrogen and oxygen atoms in total. The number of pyridine rings is 1. The molecular formula is C23H20N4O3. The zero-order valence-electron chi connectivity index (χ0n) is 16.3. The van der Waals surface area contributed by atoms with Crippen molar-refractivity contribution in [1.82, 2.24) is 20.8 Å². The molecule has 2 aromatic heterocycles. The van der Waals surface area contributed by atoms with Crippen molar-refractivity contribution in [2.24, 2.45) is 0 Å². The smallest absolute Gasteiger partial charge is 0.251 e. The molecule has 0 spiro atoms. The molecule has 2 heterocycles. The fourth-order valence-electron chi connectivity index (χ4n) is 3.07. The van der Waals surface area contributed by atoms with Gasteiger partial charge in [0.2, 0.25) is 5.91 Å². The summed E-state index contributed by atoms with van der Waals surface area (Å²) in [6.45, 7) is 2.02. The minimum absolute atomic E-state index is 0.267. The normalized spacial score (nSPS) is 11.8. The van der Waals surface area contributed by atoms with Crippen LogP contribution in [0.25, 0.3) is 22.2 Å². The second kappa shape index (κ2) is 8.57. The molecule has 4 rings (SSSR count). The highest BCUT2D eigenvalue weighted by Crippen LogP contribution is 2.29. The molecule has 7 heteroatoms. The summed E-state index contributed by atoms with van der Waals surface area (Å²) in [5.41, 5.74) is 2.90. The molecule has 0 radical (unpaired) electrons. The van der Waals surface area contributed by atoms with Gasteiger partial charge in [0.25, 0.3) is 5.91 Å². The van der Waals surface area contributed by atoms with Crippen molar-refractivity contribution in [3.8, 4) is 11.3 Å². The maximum atomic E-state index is 12.7. The molecular weight excluding hydrogens is 380 g/mol. The van der Waals surface area contributed by atoms with Crippen LogP contribution in [0.4, 0.5) is 0 Å². The first kappa shape index (κ1) is 19.3.